The third-order valence-electron chi connectivity index (χ3n) is 4.27. The Morgan fingerprint density at radius 2 is 1.92 bits per heavy atom. The Morgan fingerprint density at radius 1 is 1.19 bits per heavy atom. The number of hydrogen-bond donors (Lipinski definition) is 2. The van der Waals surface area contributed by atoms with Crippen molar-refractivity contribution in [3.63, 3.8) is 0 Å². The Bertz CT molecular complexity index is 708. The minimum absolute atomic E-state index is 0.365. The fourth-order valence-electron chi connectivity index (χ4n) is 2.52. The molecule has 0 amide bonds. The van der Waals surface area contributed by atoms with Gasteiger partial charge in [0.2, 0.25) is 0 Å². The molecular weight excluding hydrogens is 326 g/mol. The first kappa shape index (κ1) is 20.0. The van der Waals surface area contributed by atoms with E-state index in [9.17, 15) is 0 Å². The lowest BCUT2D eigenvalue weighted by Crippen LogP contribution is -2.36. The second-order valence-corrected chi connectivity index (χ2v) is 6.80. The molecule has 2 aromatic rings. The molecule has 0 saturated carbocycles. The van der Waals surface area contributed by atoms with E-state index in [4.69, 9.17) is 4.52 Å². The quantitative estimate of drug-likeness (QED) is 0.561. The molecule has 1 heterocycles. The fraction of sp³-hybridized carbons (Fsp3) is 0.500. The molecule has 142 valence electrons. The number of rotatable bonds is 8. The molecular formula is C20H31N5O. The summed E-state index contributed by atoms with van der Waals surface area (Å²) in [6.45, 7) is 9.64. The summed E-state index contributed by atoms with van der Waals surface area (Å²) in [6.07, 6.45) is 0. The summed E-state index contributed by atoms with van der Waals surface area (Å²) in [5.74, 6) is 1.91. The number of aliphatic imine (C=N–C) groups is 1. The molecule has 0 bridgehead atoms. The van der Waals surface area contributed by atoms with E-state index in [1.807, 2.05) is 6.07 Å². The van der Waals surface area contributed by atoms with Gasteiger partial charge in [0.05, 0.1) is 12.2 Å². The minimum atomic E-state index is 0.365. The van der Waals surface area contributed by atoms with Gasteiger partial charge in [-0.1, -0.05) is 50.2 Å². The SMILES string of the molecule is CCN(C)Cc1cccc(CNC(=NC)NCc2cc(C(C)C)no2)c1. The lowest BCUT2D eigenvalue weighted by atomic mass is 10.1. The Morgan fingerprint density at radius 3 is 2.58 bits per heavy atom. The van der Waals surface area contributed by atoms with E-state index in [0.29, 0.717) is 12.5 Å². The van der Waals surface area contributed by atoms with E-state index < -0.39 is 0 Å². The normalized spacial score (nSPS) is 12.0. The first-order chi connectivity index (χ1) is 12.5. The molecule has 1 aromatic heterocycles. The maximum Gasteiger partial charge on any atom is 0.191 e. The molecule has 0 fully saturated rings. The summed E-state index contributed by atoms with van der Waals surface area (Å²) < 4.78 is 5.35. The zero-order valence-corrected chi connectivity index (χ0v) is 16.5. The summed E-state index contributed by atoms with van der Waals surface area (Å²) in [6, 6.07) is 10.6. The van der Waals surface area contributed by atoms with E-state index in [-0.39, 0.29) is 0 Å². The topological polar surface area (TPSA) is 65.7 Å². The molecule has 0 saturated heterocycles. The Kier molecular flexibility index (Phi) is 7.66. The van der Waals surface area contributed by atoms with Gasteiger partial charge >= 0.3 is 0 Å². The van der Waals surface area contributed by atoms with E-state index in [0.717, 1.165) is 37.0 Å². The van der Waals surface area contributed by atoms with E-state index in [2.05, 4.69) is 77.8 Å². The highest BCUT2D eigenvalue weighted by atomic mass is 16.5. The van der Waals surface area contributed by atoms with Gasteiger partial charge in [-0.25, -0.2) is 0 Å². The lowest BCUT2D eigenvalue weighted by Gasteiger charge is -2.15. The number of aromatic nitrogens is 1. The molecule has 0 radical (unpaired) electrons. The van der Waals surface area contributed by atoms with Gasteiger partial charge in [0.1, 0.15) is 0 Å². The van der Waals surface area contributed by atoms with Crippen LogP contribution in [0.1, 0.15) is 49.3 Å². The smallest absolute Gasteiger partial charge is 0.191 e. The van der Waals surface area contributed by atoms with Gasteiger partial charge in [0, 0.05) is 26.2 Å². The van der Waals surface area contributed by atoms with Crippen molar-refractivity contribution in [1.82, 2.24) is 20.7 Å². The van der Waals surface area contributed by atoms with Crippen molar-refractivity contribution < 1.29 is 4.52 Å². The molecule has 6 nitrogen and oxygen atoms in total. The van der Waals surface area contributed by atoms with Gasteiger partial charge in [-0.15, -0.1) is 0 Å². The van der Waals surface area contributed by atoms with Crippen LogP contribution in [0.4, 0.5) is 0 Å². The molecule has 0 aliphatic carbocycles. The average Bonchev–Trinajstić information content (AvgIpc) is 3.11. The molecule has 0 aliphatic rings. The van der Waals surface area contributed by atoms with Crippen molar-refractivity contribution in [3.05, 3.63) is 52.9 Å². The second kappa shape index (κ2) is 9.97. The van der Waals surface area contributed by atoms with Crippen LogP contribution in [0.3, 0.4) is 0 Å². The monoisotopic (exact) mass is 357 g/mol. The summed E-state index contributed by atoms with van der Waals surface area (Å²) in [5, 5.41) is 10.7. The third-order valence-corrected chi connectivity index (χ3v) is 4.27. The van der Waals surface area contributed by atoms with Crippen molar-refractivity contribution in [3.8, 4) is 0 Å². The van der Waals surface area contributed by atoms with Crippen LogP contribution < -0.4 is 10.6 Å². The van der Waals surface area contributed by atoms with Crippen molar-refractivity contribution in [2.24, 2.45) is 4.99 Å². The van der Waals surface area contributed by atoms with E-state index in [1.165, 1.54) is 11.1 Å². The summed E-state index contributed by atoms with van der Waals surface area (Å²) in [5.41, 5.74) is 3.52. The van der Waals surface area contributed by atoms with Crippen LogP contribution in [0.2, 0.25) is 0 Å². The Labute approximate surface area is 156 Å². The number of hydrogen-bond acceptors (Lipinski definition) is 4. The lowest BCUT2D eigenvalue weighted by molar-refractivity contribution is 0.345. The van der Waals surface area contributed by atoms with Gasteiger partial charge in [-0.3, -0.25) is 4.99 Å². The molecule has 0 spiro atoms. The van der Waals surface area contributed by atoms with Gasteiger partial charge in [-0.2, -0.15) is 0 Å². The molecule has 1 aromatic carbocycles. The van der Waals surface area contributed by atoms with Crippen molar-refractivity contribution in [2.75, 3.05) is 20.6 Å². The van der Waals surface area contributed by atoms with Crippen molar-refractivity contribution >= 4 is 5.96 Å². The van der Waals surface area contributed by atoms with Crippen molar-refractivity contribution in [2.45, 2.75) is 46.3 Å². The van der Waals surface area contributed by atoms with Crippen LogP contribution in [0.15, 0.2) is 39.8 Å². The Balaban J connectivity index is 1.85. The molecule has 26 heavy (non-hydrogen) atoms. The summed E-state index contributed by atoms with van der Waals surface area (Å²) in [4.78, 5) is 6.56. The van der Waals surface area contributed by atoms with E-state index in [1.54, 1.807) is 7.05 Å². The molecule has 0 aliphatic heterocycles. The highest BCUT2D eigenvalue weighted by Crippen LogP contribution is 2.13. The van der Waals surface area contributed by atoms with Crippen LogP contribution in [-0.2, 0) is 19.6 Å². The molecule has 2 N–H and O–H groups in total. The van der Waals surface area contributed by atoms with Crippen LogP contribution in [-0.4, -0.2) is 36.7 Å². The van der Waals surface area contributed by atoms with Crippen LogP contribution in [0.25, 0.3) is 0 Å². The fourth-order valence-corrected chi connectivity index (χ4v) is 2.52. The Hall–Kier alpha value is -2.34. The third kappa shape index (κ3) is 6.19. The summed E-state index contributed by atoms with van der Waals surface area (Å²) >= 11 is 0. The first-order valence-electron chi connectivity index (χ1n) is 9.18. The highest BCUT2D eigenvalue weighted by Gasteiger charge is 2.08. The van der Waals surface area contributed by atoms with Crippen LogP contribution >= 0.6 is 0 Å². The number of benzene rings is 1. The maximum absolute atomic E-state index is 5.35. The van der Waals surface area contributed by atoms with Gasteiger partial charge in [0.15, 0.2) is 11.7 Å². The standard InChI is InChI=1S/C20H31N5O/c1-6-25(5)14-17-9-7-8-16(10-17)12-22-20(21-4)23-13-18-11-19(15(2)3)24-26-18/h7-11,15H,6,12-14H2,1-5H3,(H2,21,22,23). The average molecular weight is 358 g/mol. The first-order valence-corrected chi connectivity index (χ1v) is 9.18. The zero-order chi connectivity index (χ0) is 18.9. The van der Waals surface area contributed by atoms with Crippen LogP contribution in [0, 0.1) is 0 Å². The highest BCUT2D eigenvalue weighted by molar-refractivity contribution is 5.79. The predicted molar refractivity (Wildman–Crippen MR) is 106 cm³/mol. The largest absolute Gasteiger partial charge is 0.359 e. The minimum Gasteiger partial charge on any atom is -0.359 e. The van der Waals surface area contributed by atoms with Gasteiger partial charge < -0.3 is 20.1 Å². The predicted octanol–water partition coefficient (Wildman–Crippen LogP) is 3.11. The molecule has 6 heteroatoms. The molecule has 2 rings (SSSR count). The van der Waals surface area contributed by atoms with Gasteiger partial charge in [0.25, 0.3) is 0 Å². The zero-order valence-electron chi connectivity index (χ0n) is 16.5. The second-order valence-electron chi connectivity index (χ2n) is 6.80. The number of guanidine groups is 1. The van der Waals surface area contributed by atoms with Gasteiger partial charge in [-0.05, 0) is 30.6 Å². The molecule has 0 atom stereocenters. The molecule has 0 unspecified atom stereocenters. The maximum atomic E-state index is 5.35. The van der Waals surface area contributed by atoms with E-state index >= 15 is 0 Å². The van der Waals surface area contributed by atoms with Crippen molar-refractivity contribution in [1.29, 1.82) is 0 Å². The van der Waals surface area contributed by atoms with Crippen LogP contribution in [0.5, 0.6) is 0 Å². The number of nitrogens with zero attached hydrogens (tertiary/aromatic N) is 3. The summed E-state index contributed by atoms with van der Waals surface area (Å²) in [7, 11) is 3.90. The number of nitrogens with one attached hydrogen (secondary N) is 2.